The van der Waals surface area contributed by atoms with Gasteiger partial charge in [-0.15, -0.1) is 0 Å². The van der Waals surface area contributed by atoms with Gasteiger partial charge < -0.3 is 45.4 Å². The summed E-state index contributed by atoms with van der Waals surface area (Å²) in [5.41, 5.74) is -0.299. The molecule has 4 aliphatic rings. The number of ether oxygens (including phenoxy) is 2. The van der Waals surface area contributed by atoms with Crippen LogP contribution in [0.1, 0.15) is 244 Å². The molecule has 366 valence electrons. The highest BCUT2D eigenvalue weighted by Gasteiger charge is 2.68. The van der Waals surface area contributed by atoms with E-state index in [1.54, 1.807) is 0 Å². The SMILES string of the molecule is CCCCCCCCCCCCCC[C@@H](O)[C@@H](O)[C@H](COC1OC(CO)C(O)C(O)C1O)NC(=O)CCCCCCCCCCCCCCCCCCCCCC12CC(F)(C1)C2. The Kier molecular flexibility index (Phi) is 29.2. The topological polar surface area (TPSA) is 169 Å². The number of rotatable bonds is 42. The zero-order valence-electron chi connectivity index (χ0n) is 39.5. The van der Waals surface area contributed by atoms with Gasteiger partial charge in [0.25, 0.3) is 0 Å². The standard InChI is InChI=1S/C51H96FNO9/c1-2-3-4-5-6-7-8-18-21-24-27-30-33-42(55)45(57)41(37-61-49-48(60)47(59)46(58)43(36-54)62-49)53-44(56)34-31-28-25-22-19-16-14-12-10-9-11-13-15-17-20-23-26-29-32-35-50-38-51(52,39-50)40-50/h41-43,45-49,54-55,57-60H,2-40H2,1H3,(H,53,56)/t41-,42+,43?,45-,46?,47?,48?,49?,50?,51?/m0/s1. The molecule has 62 heavy (non-hydrogen) atoms. The van der Waals surface area contributed by atoms with E-state index >= 15 is 0 Å². The molecule has 0 aromatic rings. The van der Waals surface area contributed by atoms with Crippen LogP contribution in [-0.4, -0.2) is 104 Å². The number of aliphatic hydroxyl groups excluding tert-OH is 6. The van der Waals surface area contributed by atoms with Crippen molar-refractivity contribution in [3.63, 3.8) is 0 Å². The number of unbranched alkanes of at least 4 members (excludes halogenated alkanes) is 29. The average Bonchev–Trinajstić information content (AvgIpc) is 3.24. The number of hydrogen-bond donors (Lipinski definition) is 7. The van der Waals surface area contributed by atoms with Gasteiger partial charge in [0.1, 0.15) is 36.2 Å². The summed E-state index contributed by atoms with van der Waals surface area (Å²) in [7, 11) is 0. The number of aliphatic hydroxyl groups is 6. The number of amides is 1. The normalized spacial score (nSPS) is 27.1. The molecule has 0 aromatic carbocycles. The van der Waals surface area contributed by atoms with Crippen LogP contribution in [0.15, 0.2) is 0 Å². The predicted octanol–water partition coefficient (Wildman–Crippen LogP) is 10.2. The number of carbonyl (C=O) groups excluding carboxylic acids is 1. The van der Waals surface area contributed by atoms with Gasteiger partial charge >= 0.3 is 0 Å². The van der Waals surface area contributed by atoms with Crippen molar-refractivity contribution in [2.75, 3.05) is 13.2 Å². The molecule has 1 amide bonds. The summed E-state index contributed by atoms with van der Waals surface area (Å²) >= 11 is 0. The van der Waals surface area contributed by atoms with E-state index in [2.05, 4.69) is 12.2 Å². The molecule has 0 spiro atoms. The summed E-state index contributed by atoms with van der Waals surface area (Å²) in [5.74, 6) is -0.260. The Hall–Kier alpha value is -0.920. The molecule has 1 saturated heterocycles. The Balaban J connectivity index is 1.19. The maximum absolute atomic E-state index is 13.6. The first kappa shape index (κ1) is 55.4. The van der Waals surface area contributed by atoms with Crippen LogP contribution in [0.3, 0.4) is 0 Å². The average molecular weight is 886 g/mol. The van der Waals surface area contributed by atoms with Crippen molar-refractivity contribution < 1.29 is 49.3 Å². The van der Waals surface area contributed by atoms with Gasteiger partial charge in [0, 0.05) is 6.42 Å². The second-order valence-electron chi connectivity index (χ2n) is 20.3. The van der Waals surface area contributed by atoms with Crippen molar-refractivity contribution >= 4 is 5.91 Å². The smallest absolute Gasteiger partial charge is 0.220 e. The monoisotopic (exact) mass is 886 g/mol. The van der Waals surface area contributed by atoms with Crippen LogP contribution in [0.5, 0.6) is 0 Å². The summed E-state index contributed by atoms with van der Waals surface area (Å²) in [4.78, 5) is 13.0. The fraction of sp³-hybridized carbons (Fsp3) is 0.980. The first-order chi connectivity index (χ1) is 30.0. The Morgan fingerprint density at radius 1 is 0.629 bits per heavy atom. The highest BCUT2D eigenvalue weighted by Crippen LogP contribution is 2.71. The van der Waals surface area contributed by atoms with Gasteiger partial charge in [-0.1, -0.05) is 200 Å². The number of alkyl halides is 1. The number of hydrogen-bond acceptors (Lipinski definition) is 9. The lowest BCUT2D eigenvalue weighted by molar-refractivity contribution is -0.303. The van der Waals surface area contributed by atoms with Crippen LogP contribution in [0.4, 0.5) is 4.39 Å². The third-order valence-electron chi connectivity index (χ3n) is 14.5. The molecule has 7 N–H and O–H groups in total. The third kappa shape index (κ3) is 22.0. The van der Waals surface area contributed by atoms with Crippen LogP contribution in [0.2, 0.25) is 0 Å². The van der Waals surface area contributed by atoms with E-state index in [0.29, 0.717) is 18.3 Å². The van der Waals surface area contributed by atoms with Gasteiger partial charge in [-0.25, -0.2) is 4.39 Å². The molecule has 2 bridgehead atoms. The fourth-order valence-corrected chi connectivity index (χ4v) is 10.5. The van der Waals surface area contributed by atoms with Gasteiger partial charge in [-0.2, -0.15) is 0 Å². The van der Waals surface area contributed by atoms with Crippen molar-refractivity contribution in [2.24, 2.45) is 5.41 Å². The van der Waals surface area contributed by atoms with Gasteiger partial charge in [-0.3, -0.25) is 4.79 Å². The summed E-state index contributed by atoms with van der Waals surface area (Å²) in [6.45, 7) is 1.33. The van der Waals surface area contributed by atoms with Crippen LogP contribution < -0.4 is 5.32 Å². The Morgan fingerprint density at radius 3 is 1.48 bits per heavy atom. The molecule has 3 aliphatic carbocycles. The highest BCUT2D eigenvalue weighted by atomic mass is 19.1. The van der Waals surface area contributed by atoms with E-state index in [1.165, 1.54) is 154 Å². The molecule has 5 unspecified atom stereocenters. The summed E-state index contributed by atoms with van der Waals surface area (Å²) in [5, 5.41) is 65.3. The van der Waals surface area contributed by atoms with Crippen LogP contribution in [0.25, 0.3) is 0 Å². The zero-order valence-corrected chi connectivity index (χ0v) is 39.5. The van der Waals surface area contributed by atoms with Crippen molar-refractivity contribution in [3.05, 3.63) is 0 Å². The molecule has 1 heterocycles. The minimum absolute atomic E-state index is 0.260. The van der Waals surface area contributed by atoms with Gasteiger partial charge in [0.2, 0.25) is 5.91 Å². The lowest BCUT2D eigenvalue weighted by atomic mass is 9.41. The van der Waals surface area contributed by atoms with Crippen LogP contribution in [0, 0.1) is 5.41 Å². The van der Waals surface area contributed by atoms with E-state index in [-0.39, 0.29) is 18.9 Å². The maximum Gasteiger partial charge on any atom is 0.220 e. The fourth-order valence-electron chi connectivity index (χ4n) is 10.5. The van der Waals surface area contributed by atoms with Crippen molar-refractivity contribution in [3.8, 4) is 0 Å². The Morgan fingerprint density at radius 2 is 1.05 bits per heavy atom. The van der Waals surface area contributed by atoms with Crippen LogP contribution >= 0.6 is 0 Å². The minimum Gasteiger partial charge on any atom is -0.394 e. The lowest BCUT2D eigenvalue weighted by Crippen LogP contribution is -2.64. The molecule has 8 atom stereocenters. The molecule has 11 heteroatoms. The molecule has 4 fully saturated rings. The highest BCUT2D eigenvalue weighted by molar-refractivity contribution is 5.76. The number of halogens is 1. The first-order valence-electron chi connectivity index (χ1n) is 26.3. The van der Waals surface area contributed by atoms with Crippen molar-refractivity contribution in [1.82, 2.24) is 5.32 Å². The number of nitrogens with one attached hydrogen (secondary N) is 1. The number of carbonyl (C=O) groups is 1. The van der Waals surface area contributed by atoms with E-state index in [0.717, 1.165) is 64.2 Å². The largest absolute Gasteiger partial charge is 0.394 e. The van der Waals surface area contributed by atoms with Gasteiger partial charge in [0.15, 0.2) is 6.29 Å². The Labute approximate surface area is 377 Å². The summed E-state index contributed by atoms with van der Waals surface area (Å²) in [6, 6.07) is -0.992. The molecular weight excluding hydrogens is 790 g/mol. The quantitative estimate of drug-likeness (QED) is 0.0295. The van der Waals surface area contributed by atoms with Gasteiger partial charge in [-0.05, 0) is 43.9 Å². The second-order valence-corrected chi connectivity index (χ2v) is 20.3. The van der Waals surface area contributed by atoms with E-state index in [9.17, 15) is 39.8 Å². The predicted molar refractivity (Wildman–Crippen MR) is 246 cm³/mol. The molecule has 0 aromatic heterocycles. The van der Waals surface area contributed by atoms with E-state index in [1.807, 2.05) is 0 Å². The van der Waals surface area contributed by atoms with E-state index in [4.69, 9.17) is 9.47 Å². The molecule has 3 saturated carbocycles. The molecule has 10 nitrogen and oxygen atoms in total. The minimum atomic E-state index is -1.61. The zero-order chi connectivity index (χ0) is 44.9. The third-order valence-corrected chi connectivity index (χ3v) is 14.5. The molecule has 1 aliphatic heterocycles. The Bertz CT molecular complexity index is 1100. The van der Waals surface area contributed by atoms with Gasteiger partial charge in [0.05, 0.1) is 25.4 Å². The van der Waals surface area contributed by atoms with Crippen molar-refractivity contribution in [1.29, 1.82) is 0 Å². The van der Waals surface area contributed by atoms with Crippen molar-refractivity contribution in [2.45, 2.75) is 299 Å². The second kappa shape index (κ2) is 32.7. The summed E-state index contributed by atoms with van der Waals surface area (Å²) in [6.07, 6.45) is 32.9. The lowest BCUT2D eigenvalue weighted by Gasteiger charge is -2.66. The molecule has 0 radical (unpaired) electrons. The first-order valence-corrected chi connectivity index (χ1v) is 26.3. The summed E-state index contributed by atoms with van der Waals surface area (Å²) < 4.78 is 24.8. The molecular formula is C51H96FNO9. The molecule has 4 rings (SSSR count). The van der Waals surface area contributed by atoms with Crippen LogP contribution in [-0.2, 0) is 14.3 Å². The maximum atomic E-state index is 13.6. The van der Waals surface area contributed by atoms with E-state index < -0.39 is 61.2 Å².